The quantitative estimate of drug-likeness (QED) is 0.366. The highest BCUT2D eigenvalue weighted by atomic mass is 16.5. The van der Waals surface area contributed by atoms with Gasteiger partial charge in [-0.05, 0) is 35.1 Å². The molecule has 0 saturated carbocycles. The maximum atomic E-state index is 13.6. The summed E-state index contributed by atoms with van der Waals surface area (Å²) in [5.41, 5.74) is 5.71. The zero-order valence-electron chi connectivity index (χ0n) is 17.8. The number of ketones is 1. The number of carbonyl (C=O) groups is 1. The Morgan fingerprint density at radius 1 is 0.750 bits per heavy atom. The van der Waals surface area contributed by atoms with Crippen LogP contribution in [0.15, 0.2) is 109 Å². The highest BCUT2D eigenvalue weighted by Crippen LogP contribution is 2.58. The average Bonchev–Trinajstić information content (AvgIpc) is 3.18. The number of rotatable bonds is 4. The van der Waals surface area contributed by atoms with Crippen LogP contribution in [0, 0.1) is 0 Å². The summed E-state index contributed by atoms with van der Waals surface area (Å²) in [6.07, 6.45) is 1.94. The molecular formula is C30H24O2. The predicted molar refractivity (Wildman–Crippen MR) is 126 cm³/mol. The van der Waals surface area contributed by atoms with Gasteiger partial charge in [0.1, 0.15) is 5.60 Å². The van der Waals surface area contributed by atoms with E-state index in [1.807, 2.05) is 54.6 Å². The van der Waals surface area contributed by atoms with Crippen molar-refractivity contribution in [1.29, 1.82) is 0 Å². The van der Waals surface area contributed by atoms with Crippen LogP contribution in [-0.2, 0) is 16.8 Å². The van der Waals surface area contributed by atoms with Crippen LogP contribution in [-0.4, -0.2) is 11.9 Å². The molecule has 2 heterocycles. The number of hydrogen-bond acceptors (Lipinski definition) is 2. The third kappa shape index (κ3) is 2.87. The molecule has 0 unspecified atom stereocenters. The Hall–Kier alpha value is -3.49. The van der Waals surface area contributed by atoms with Gasteiger partial charge in [-0.15, -0.1) is 0 Å². The Labute approximate surface area is 188 Å². The minimum Gasteiger partial charge on any atom is -0.361 e. The van der Waals surface area contributed by atoms with Crippen LogP contribution in [0.25, 0.3) is 0 Å². The fourth-order valence-electron chi connectivity index (χ4n) is 5.71. The van der Waals surface area contributed by atoms with Crippen molar-refractivity contribution in [3.8, 4) is 0 Å². The molecule has 156 valence electrons. The standard InChI is InChI=1S/C30H24O2/c31-29(21-11-3-1-4-12-21)26-17-9-8-16-25(26)28-20-24-19-22-13-7-10-18-27(22)30(28,32-24)23-14-5-2-6-15-23/h1-18,24,28H,19-20H2/t24-,28+,30+/m1/s1. The molecule has 0 amide bonds. The monoisotopic (exact) mass is 416 g/mol. The zero-order valence-corrected chi connectivity index (χ0v) is 17.8. The molecule has 2 aliphatic rings. The van der Waals surface area contributed by atoms with Crippen molar-refractivity contribution in [2.45, 2.75) is 30.5 Å². The minimum absolute atomic E-state index is 0.0578. The van der Waals surface area contributed by atoms with Crippen molar-refractivity contribution in [2.24, 2.45) is 0 Å². The van der Waals surface area contributed by atoms with Crippen LogP contribution in [0.3, 0.4) is 0 Å². The Morgan fingerprint density at radius 2 is 1.41 bits per heavy atom. The van der Waals surface area contributed by atoms with Gasteiger partial charge in [-0.25, -0.2) is 0 Å². The summed E-state index contributed by atoms with van der Waals surface area (Å²) in [6, 6.07) is 36.9. The van der Waals surface area contributed by atoms with Crippen molar-refractivity contribution < 1.29 is 9.53 Å². The summed E-state index contributed by atoms with van der Waals surface area (Å²) in [5, 5.41) is 0. The van der Waals surface area contributed by atoms with Crippen molar-refractivity contribution in [3.05, 3.63) is 143 Å². The first-order chi connectivity index (χ1) is 15.8. The van der Waals surface area contributed by atoms with E-state index in [4.69, 9.17) is 4.74 Å². The Morgan fingerprint density at radius 3 is 2.22 bits per heavy atom. The Bertz CT molecular complexity index is 1280. The minimum atomic E-state index is -0.589. The summed E-state index contributed by atoms with van der Waals surface area (Å²) in [7, 11) is 0. The number of fused-ring (bicyclic) bond motifs is 4. The van der Waals surface area contributed by atoms with Gasteiger partial charge >= 0.3 is 0 Å². The molecular weight excluding hydrogens is 392 g/mol. The number of carbonyl (C=O) groups excluding carboxylic acids is 1. The lowest BCUT2D eigenvalue weighted by molar-refractivity contribution is -0.0342. The van der Waals surface area contributed by atoms with Crippen LogP contribution in [0.5, 0.6) is 0 Å². The van der Waals surface area contributed by atoms with Crippen LogP contribution >= 0.6 is 0 Å². The second kappa shape index (κ2) is 7.58. The van der Waals surface area contributed by atoms with Crippen molar-refractivity contribution in [3.63, 3.8) is 0 Å². The molecule has 2 bridgehead atoms. The van der Waals surface area contributed by atoms with Gasteiger partial charge < -0.3 is 4.74 Å². The van der Waals surface area contributed by atoms with Crippen LogP contribution in [0.2, 0.25) is 0 Å². The SMILES string of the molecule is O=C(c1ccccc1)c1ccccc1[C@@H]1C[C@H]2Cc3ccccc3[C@]1(c1ccccc1)O2. The number of benzene rings is 4. The lowest BCUT2D eigenvalue weighted by Gasteiger charge is -2.40. The highest BCUT2D eigenvalue weighted by molar-refractivity contribution is 6.10. The third-order valence-corrected chi connectivity index (χ3v) is 7.03. The second-order valence-electron chi connectivity index (χ2n) is 8.77. The molecule has 0 radical (unpaired) electrons. The predicted octanol–water partition coefficient (Wildman–Crippen LogP) is 6.29. The van der Waals surface area contributed by atoms with Crippen LogP contribution in [0.4, 0.5) is 0 Å². The van der Waals surface area contributed by atoms with E-state index < -0.39 is 5.60 Å². The molecule has 2 aliphatic heterocycles. The molecule has 0 aromatic heterocycles. The van der Waals surface area contributed by atoms with Crippen molar-refractivity contribution >= 4 is 5.78 Å². The van der Waals surface area contributed by atoms with E-state index in [1.165, 1.54) is 11.1 Å². The van der Waals surface area contributed by atoms with E-state index in [-0.39, 0.29) is 17.8 Å². The average molecular weight is 417 g/mol. The highest BCUT2D eigenvalue weighted by Gasteiger charge is 2.55. The first-order valence-corrected chi connectivity index (χ1v) is 11.3. The summed E-state index contributed by atoms with van der Waals surface area (Å²) in [5.74, 6) is 0.126. The van der Waals surface area contributed by atoms with Gasteiger partial charge in [0.05, 0.1) is 6.10 Å². The summed E-state index contributed by atoms with van der Waals surface area (Å²) < 4.78 is 6.89. The number of ether oxygens (including phenoxy) is 1. The van der Waals surface area contributed by atoms with Gasteiger partial charge in [0.2, 0.25) is 0 Å². The molecule has 2 nitrogen and oxygen atoms in total. The topological polar surface area (TPSA) is 26.3 Å². The van der Waals surface area contributed by atoms with Gasteiger partial charge in [0, 0.05) is 17.0 Å². The van der Waals surface area contributed by atoms with Gasteiger partial charge in [-0.3, -0.25) is 4.79 Å². The molecule has 3 atom stereocenters. The summed E-state index contributed by atoms with van der Waals surface area (Å²) >= 11 is 0. The Balaban J connectivity index is 1.57. The first-order valence-electron chi connectivity index (χ1n) is 11.3. The van der Waals surface area contributed by atoms with E-state index in [0.29, 0.717) is 0 Å². The maximum absolute atomic E-state index is 13.6. The molecule has 32 heavy (non-hydrogen) atoms. The lowest BCUT2D eigenvalue weighted by atomic mass is 9.71. The van der Waals surface area contributed by atoms with E-state index in [2.05, 4.69) is 54.6 Å². The molecule has 4 aromatic carbocycles. The Kier molecular flexibility index (Phi) is 4.55. The fraction of sp³-hybridized carbons (Fsp3) is 0.167. The molecule has 2 heteroatoms. The lowest BCUT2D eigenvalue weighted by Crippen LogP contribution is -2.37. The fourth-order valence-corrected chi connectivity index (χ4v) is 5.71. The van der Waals surface area contributed by atoms with Crippen LogP contribution < -0.4 is 0 Å². The van der Waals surface area contributed by atoms with E-state index >= 15 is 0 Å². The summed E-state index contributed by atoms with van der Waals surface area (Å²) in [6.45, 7) is 0. The van der Waals surface area contributed by atoms with Crippen molar-refractivity contribution in [2.75, 3.05) is 0 Å². The second-order valence-corrected chi connectivity index (χ2v) is 8.77. The van der Waals surface area contributed by atoms with Gasteiger partial charge in [0.25, 0.3) is 0 Å². The van der Waals surface area contributed by atoms with Crippen molar-refractivity contribution in [1.82, 2.24) is 0 Å². The molecule has 0 spiro atoms. The normalized spacial score (nSPS) is 23.5. The largest absolute Gasteiger partial charge is 0.361 e. The van der Waals surface area contributed by atoms with Gasteiger partial charge in [-0.1, -0.05) is 109 Å². The van der Waals surface area contributed by atoms with E-state index in [1.54, 1.807) is 0 Å². The van der Waals surface area contributed by atoms with Crippen LogP contribution in [0.1, 0.15) is 50.5 Å². The zero-order chi connectivity index (χ0) is 21.5. The molecule has 1 saturated heterocycles. The molecule has 0 N–H and O–H groups in total. The maximum Gasteiger partial charge on any atom is 0.193 e. The first kappa shape index (κ1) is 19.2. The number of hydrogen-bond donors (Lipinski definition) is 0. The third-order valence-electron chi connectivity index (χ3n) is 7.03. The van der Waals surface area contributed by atoms with E-state index in [9.17, 15) is 4.79 Å². The molecule has 0 aliphatic carbocycles. The molecule has 6 rings (SSSR count). The summed E-state index contributed by atoms with van der Waals surface area (Å²) in [4.78, 5) is 13.6. The smallest absolute Gasteiger partial charge is 0.193 e. The molecule has 4 aromatic rings. The van der Waals surface area contributed by atoms with E-state index in [0.717, 1.165) is 35.1 Å². The van der Waals surface area contributed by atoms with Gasteiger partial charge in [-0.2, -0.15) is 0 Å². The molecule has 1 fully saturated rings. The van der Waals surface area contributed by atoms with Gasteiger partial charge in [0.15, 0.2) is 5.78 Å².